The van der Waals surface area contributed by atoms with Gasteiger partial charge in [-0.2, -0.15) is 5.10 Å². The second-order valence-electron chi connectivity index (χ2n) is 3.84. The largest absolute Gasteiger partial charge is 0.396 e. The molecule has 1 aliphatic rings. The fraction of sp³-hybridized carbons (Fsp3) is 0.700. The van der Waals surface area contributed by atoms with Crippen LogP contribution >= 0.6 is 0 Å². The molecule has 0 spiro atoms. The van der Waals surface area contributed by atoms with Crippen molar-refractivity contribution in [2.24, 2.45) is 0 Å². The van der Waals surface area contributed by atoms with Crippen LogP contribution in [-0.4, -0.2) is 47.5 Å². The Morgan fingerprint density at radius 2 is 2.13 bits per heavy atom. The predicted molar refractivity (Wildman–Crippen MR) is 58.5 cm³/mol. The molecule has 2 rings (SSSR count). The average Bonchev–Trinajstić information content (AvgIpc) is 2.66. The van der Waals surface area contributed by atoms with Gasteiger partial charge in [-0.25, -0.2) is 0 Å². The van der Waals surface area contributed by atoms with Gasteiger partial charge in [0.1, 0.15) is 0 Å². The number of morpholine rings is 1. The van der Waals surface area contributed by atoms with Crippen molar-refractivity contribution in [2.45, 2.75) is 13.0 Å². The van der Waals surface area contributed by atoms with E-state index in [-0.39, 0.29) is 0 Å². The van der Waals surface area contributed by atoms with E-state index in [1.807, 2.05) is 10.9 Å². The minimum atomic E-state index is 0.737. The molecule has 15 heavy (non-hydrogen) atoms. The van der Waals surface area contributed by atoms with Gasteiger partial charge in [-0.05, 0) is 6.42 Å². The highest BCUT2D eigenvalue weighted by Crippen LogP contribution is 2.01. The number of nitrogen functional groups attached to an aromatic ring is 1. The Morgan fingerprint density at radius 3 is 2.80 bits per heavy atom. The van der Waals surface area contributed by atoms with Crippen LogP contribution in [0.15, 0.2) is 12.4 Å². The maximum absolute atomic E-state index is 5.58. The first-order chi connectivity index (χ1) is 7.34. The Balaban J connectivity index is 1.65. The molecule has 1 aromatic heterocycles. The third-order valence-electron chi connectivity index (χ3n) is 2.62. The van der Waals surface area contributed by atoms with E-state index in [0.717, 1.165) is 51.5 Å². The van der Waals surface area contributed by atoms with Crippen LogP contribution in [0.3, 0.4) is 0 Å². The molecule has 0 radical (unpaired) electrons. The molecule has 1 fully saturated rings. The summed E-state index contributed by atoms with van der Waals surface area (Å²) in [5.41, 5.74) is 6.32. The van der Waals surface area contributed by atoms with Crippen LogP contribution in [0.1, 0.15) is 6.42 Å². The van der Waals surface area contributed by atoms with E-state index in [0.29, 0.717) is 0 Å². The van der Waals surface area contributed by atoms with E-state index in [1.54, 1.807) is 6.20 Å². The van der Waals surface area contributed by atoms with Crippen LogP contribution in [0, 0.1) is 0 Å². The summed E-state index contributed by atoms with van der Waals surface area (Å²) in [5.74, 6) is 0. The molecule has 1 aliphatic heterocycles. The minimum Gasteiger partial charge on any atom is -0.396 e. The third-order valence-corrected chi connectivity index (χ3v) is 2.62. The van der Waals surface area contributed by atoms with Crippen molar-refractivity contribution in [1.82, 2.24) is 14.7 Å². The number of anilines is 1. The standard InChI is InChI=1S/C10H18N4O/c11-10-8-12-14(9-10)3-1-2-13-4-6-15-7-5-13/h8-9H,1-7,11H2. The minimum absolute atomic E-state index is 0.737. The summed E-state index contributed by atoms with van der Waals surface area (Å²) >= 11 is 0. The normalized spacial score (nSPS) is 18.1. The Bertz CT molecular complexity index is 293. The molecule has 84 valence electrons. The summed E-state index contributed by atoms with van der Waals surface area (Å²) in [6.45, 7) is 5.91. The zero-order valence-electron chi connectivity index (χ0n) is 8.93. The lowest BCUT2D eigenvalue weighted by Gasteiger charge is -2.26. The summed E-state index contributed by atoms with van der Waals surface area (Å²) in [5, 5.41) is 4.15. The van der Waals surface area contributed by atoms with Crippen LogP contribution < -0.4 is 5.73 Å². The highest BCUT2D eigenvalue weighted by Gasteiger charge is 2.09. The number of hydrogen-bond donors (Lipinski definition) is 1. The van der Waals surface area contributed by atoms with Crippen molar-refractivity contribution in [3.63, 3.8) is 0 Å². The van der Waals surface area contributed by atoms with Crippen LogP contribution in [-0.2, 0) is 11.3 Å². The molecule has 1 aromatic rings. The first kappa shape index (κ1) is 10.4. The quantitative estimate of drug-likeness (QED) is 0.770. The van der Waals surface area contributed by atoms with Gasteiger partial charge in [-0.15, -0.1) is 0 Å². The lowest BCUT2D eigenvalue weighted by Crippen LogP contribution is -2.37. The number of nitrogens with zero attached hydrogens (tertiary/aromatic N) is 3. The van der Waals surface area contributed by atoms with Gasteiger partial charge >= 0.3 is 0 Å². The number of nitrogens with two attached hydrogens (primary N) is 1. The Hall–Kier alpha value is -1.07. The maximum atomic E-state index is 5.58. The van der Waals surface area contributed by atoms with Gasteiger partial charge in [0.2, 0.25) is 0 Å². The monoisotopic (exact) mass is 210 g/mol. The molecule has 2 N–H and O–H groups in total. The second-order valence-corrected chi connectivity index (χ2v) is 3.84. The van der Waals surface area contributed by atoms with Crippen LogP contribution in [0.4, 0.5) is 5.69 Å². The molecule has 0 bridgehead atoms. The molecular weight excluding hydrogens is 192 g/mol. The SMILES string of the molecule is Nc1cnn(CCCN2CCOCC2)c1. The lowest BCUT2D eigenvalue weighted by molar-refractivity contribution is 0.0368. The van der Waals surface area contributed by atoms with E-state index in [2.05, 4.69) is 10.00 Å². The molecular formula is C10H18N4O. The highest BCUT2D eigenvalue weighted by atomic mass is 16.5. The number of ether oxygens (including phenoxy) is 1. The fourth-order valence-corrected chi connectivity index (χ4v) is 1.78. The molecule has 2 heterocycles. The Morgan fingerprint density at radius 1 is 1.33 bits per heavy atom. The van der Waals surface area contributed by atoms with Crippen molar-refractivity contribution in [2.75, 3.05) is 38.6 Å². The molecule has 0 amide bonds. The number of aryl methyl sites for hydroxylation is 1. The molecule has 0 atom stereocenters. The Labute approximate surface area is 89.8 Å². The summed E-state index contributed by atoms with van der Waals surface area (Å²) in [7, 11) is 0. The maximum Gasteiger partial charge on any atom is 0.0719 e. The van der Waals surface area contributed by atoms with Crippen molar-refractivity contribution in [3.8, 4) is 0 Å². The molecule has 0 aromatic carbocycles. The van der Waals surface area contributed by atoms with Crippen LogP contribution in [0.25, 0.3) is 0 Å². The summed E-state index contributed by atoms with van der Waals surface area (Å²) in [4.78, 5) is 2.43. The van der Waals surface area contributed by atoms with E-state index >= 15 is 0 Å². The second kappa shape index (κ2) is 5.14. The molecule has 0 saturated carbocycles. The zero-order chi connectivity index (χ0) is 10.5. The lowest BCUT2D eigenvalue weighted by atomic mass is 10.3. The van der Waals surface area contributed by atoms with E-state index in [9.17, 15) is 0 Å². The van der Waals surface area contributed by atoms with Crippen molar-refractivity contribution in [1.29, 1.82) is 0 Å². The van der Waals surface area contributed by atoms with Gasteiger partial charge in [-0.3, -0.25) is 9.58 Å². The zero-order valence-corrected chi connectivity index (χ0v) is 8.93. The van der Waals surface area contributed by atoms with Gasteiger partial charge in [0.15, 0.2) is 0 Å². The van der Waals surface area contributed by atoms with E-state index in [4.69, 9.17) is 10.5 Å². The van der Waals surface area contributed by atoms with Crippen molar-refractivity contribution in [3.05, 3.63) is 12.4 Å². The van der Waals surface area contributed by atoms with E-state index < -0.39 is 0 Å². The van der Waals surface area contributed by atoms with Crippen LogP contribution in [0.2, 0.25) is 0 Å². The molecule has 5 nitrogen and oxygen atoms in total. The summed E-state index contributed by atoms with van der Waals surface area (Å²) in [6, 6.07) is 0. The number of rotatable bonds is 4. The number of aromatic nitrogens is 2. The van der Waals surface area contributed by atoms with Crippen molar-refractivity contribution >= 4 is 5.69 Å². The molecule has 1 saturated heterocycles. The molecule has 0 aliphatic carbocycles. The molecule has 0 unspecified atom stereocenters. The smallest absolute Gasteiger partial charge is 0.0719 e. The fourth-order valence-electron chi connectivity index (χ4n) is 1.78. The first-order valence-corrected chi connectivity index (χ1v) is 5.42. The topological polar surface area (TPSA) is 56.3 Å². The van der Waals surface area contributed by atoms with Gasteiger partial charge < -0.3 is 10.5 Å². The summed E-state index contributed by atoms with van der Waals surface area (Å²) < 4.78 is 7.19. The Kier molecular flexibility index (Phi) is 3.58. The average molecular weight is 210 g/mol. The first-order valence-electron chi connectivity index (χ1n) is 5.42. The highest BCUT2D eigenvalue weighted by molar-refractivity contribution is 5.30. The van der Waals surface area contributed by atoms with Gasteiger partial charge in [-0.1, -0.05) is 0 Å². The predicted octanol–water partition coefficient (Wildman–Crippen LogP) is 0.188. The van der Waals surface area contributed by atoms with Crippen LogP contribution in [0.5, 0.6) is 0 Å². The van der Waals surface area contributed by atoms with Crippen molar-refractivity contribution < 1.29 is 4.74 Å². The van der Waals surface area contributed by atoms with Gasteiger partial charge in [0, 0.05) is 32.4 Å². The van der Waals surface area contributed by atoms with Gasteiger partial charge in [0.05, 0.1) is 25.1 Å². The van der Waals surface area contributed by atoms with E-state index in [1.165, 1.54) is 0 Å². The third kappa shape index (κ3) is 3.21. The summed E-state index contributed by atoms with van der Waals surface area (Å²) in [6.07, 6.45) is 4.68. The molecule has 5 heteroatoms. The number of hydrogen-bond acceptors (Lipinski definition) is 4. The van der Waals surface area contributed by atoms with Gasteiger partial charge in [0.25, 0.3) is 0 Å².